The lowest BCUT2D eigenvalue weighted by atomic mass is 10.1. The lowest BCUT2D eigenvalue weighted by molar-refractivity contribution is -0.389. The Hall–Kier alpha value is -3.12. The van der Waals surface area contributed by atoms with Crippen LogP contribution in [0.25, 0.3) is 11.8 Å². The van der Waals surface area contributed by atoms with E-state index in [-0.39, 0.29) is 11.8 Å². The van der Waals surface area contributed by atoms with Crippen molar-refractivity contribution in [1.29, 1.82) is 0 Å². The zero-order valence-corrected chi connectivity index (χ0v) is 13.7. The standard InChI is InChI=1S/C14H11F6N5O2/c1-23(2)4-3-11-12(25(26)27)21-22-24(11)10-6-8(13(15,16)17)5-9(7-10)14(18,19)20/h3-7H,1-2H3. The third-order valence-electron chi connectivity index (χ3n) is 3.21. The van der Waals surface area contributed by atoms with E-state index in [1.807, 2.05) is 0 Å². The van der Waals surface area contributed by atoms with E-state index in [1.165, 1.54) is 11.1 Å². The van der Waals surface area contributed by atoms with Gasteiger partial charge in [-0.1, -0.05) is 0 Å². The molecule has 0 aliphatic rings. The fourth-order valence-electron chi connectivity index (χ4n) is 2.03. The summed E-state index contributed by atoms with van der Waals surface area (Å²) >= 11 is 0. The molecule has 2 rings (SSSR count). The van der Waals surface area contributed by atoms with Crippen LogP contribution < -0.4 is 0 Å². The number of nitrogens with zero attached hydrogens (tertiary/aromatic N) is 5. The molecule has 146 valence electrons. The molecule has 0 saturated carbocycles. The van der Waals surface area contributed by atoms with Gasteiger partial charge < -0.3 is 15.0 Å². The number of benzene rings is 1. The van der Waals surface area contributed by atoms with E-state index in [4.69, 9.17) is 0 Å². The molecule has 0 saturated heterocycles. The highest BCUT2D eigenvalue weighted by atomic mass is 19.4. The lowest BCUT2D eigenvalue weighted by Crippen LogP contribution is -2.13. The molecule has 0 bridgehead atoms. The van der Waals surface area contributed by atoms with Gasteiger partial charge in [0, 0.05) is 20.3 Å². The maximum absolute atomic E-state index is 13.0. The van der Waals surface area contributed by atoms with Crippen molar-refractivity contribution >= 4 is 11.9 Å². The summed E-state index contributed by atoms with van der Waals surface area (Å²) in [5.74, 6) is -0.820. The Morgan fingerprint density at radius 3 is 2.00 bits per heavy atom. The number of hydrogen-bond acceptors (Lipinski definition) is 5. The van der Waals surface area contributed by atoms with Crippen molar-refractivity contribution in [3.05, 3.63) is 51.3 Å². The molecule has 2 aromatic rings. The van der Waals surface area contributed by atoms with E-state index in [0.717, 1.165) is 6.08 Å². The molecule has 27 heavy (non-hydrogen) atoms. The average Bonchev–Trinajstić information content (AvgIpc) is 2.94. The van der Waals surface area contributed by atoms with E-state index >= 15 is 0 Å². The fraction of sp³-hybridized carbons (Fsp3) is 0.286. The summed E-state index contributed by atoms with van der Waals surface area (Å²) in [6, 6.07) is 0.755. The van der Waals surface area contributed by atoms with Gasteiger partial charge in [0.25, 0.3) is 0 Å². The van der Waals surface area contributed by atoms with Crippen LogP contribution in [0.1, 0.15) is 16.8 Å². The van der Waals surface area contributed by atoms with Gasteiger partial charge in [-0.2, -0.15) is 31.0 Å². The van der Waals surface area contributed by atoms with Gasteiger partial charge in [0.1, 0.15) is 5.10 Å². The molecule has 0 N–H and O–H groups in total. The van der Waals surface area contributed by atoms with E-state index < -0.39 is 39.9 Å². The molecular formula is C14H11F6N5O2. The van der Waals surface area contributed by atoms with E-state index in [9.17, 15) is 36.5 Å². The van der Waals surface area contributed by atoms with Crippen molar-refractivity contribution in [3.8, 4) is 5.69 Å². The normalized spacial score (nSPS) is 12.6. The summed E-state index contributed by atoms with van der Waals surface area (Å²) in [6.07, 6.45) is -7.73. The van der Waals surface area contributed by atoms with Crippen molar-refractivity contribution in [1.82, 2.24) is 19.9 Å². The van der Waals surface area contributed by atoms with Gasteiger partial charge in [-0.15, -0.1) is 0 Å². The van der Waals surface area contributed by atoms with Crippen molar-refractivity contribution in [2.75, 3.05) is 14.1 Å². The molecule has 13 heteroatoms. The smallest absolute Gasteiger partial charge is 0.383 e. The van der Waals surface area contributed by atoms with Gasteiger partial charge in [0.15, 0.2) is 5.69 Å². The third-order valence-corrected chi connectivity index (χ3v) is 3.21. The maximum Gasteiger partial charge on any atom is 0.418 e. The van der Waals surface area contributed by atoms with Crippen LogP contribution in [0.2, 0.25) is 0 Å². The van der Waals surface area contributed by atoms with Crippen molar-refractivity contribution in [2.45, 2.75) is 12.4 Å². The summed E-state index contributed by atoms with van der Waals surface area (Å²) < 4.78 is 78.5. The Bertz CT molecular complexity index is 853. The summed E-state index contributed by atoms with van der Waals surface area (Å²) in [5, 5.41) is 17.6. The Morgan fingerprint density at radius 1 is 1.07 bits per heavy atom. The fourth-order valence-corrected chi connectivity index (χ4v) is 2.03. The molecule has 0 unspecified atom stereocenters. The zero-order valence-electron chi connectivity index (χ0n) is 13.7. The second-order valence-corrected chi connectivity index (χ2v) is 5.51. The van der Waals surface area contributed by atoms with Crippen molar-refractivity contribution in [3.63, 3.8) is 0 Å². The Labute approximate surface area is 147 Å². The Morgan fingerprint density at radius 2 is 1.59 bits per heavy atom. The first-order chi connectivity index (χ1) is 12.3. The van der Waals surface area contributed by atoms with Gasteiger partial charge in [0.2, 0.25) is 0 Å². The highest BCUT2D eigenvalue weighted by Gasteiger charge is 2.37. The van der Waals surface area contributed by atoms with E-state index in [0.29, 0.717) is 16.8 Å². The molecule has 1 aromatic carbocycles. The van der Waals surface area contributed by atoms with Crippen LogP contribution >= 0.6 is 0 Å². The molecule has 0 aliphatic carbocycles. The topological polar surface area (TPSA) is 77.1 Å². The number of rotatable bonds is 4. The number of nitro groups is 1. The minimum atomic E-state index is -5.07. The van der Waals surface area contributed by atoms with Crippen LogP contribution in [-0.2, 0) is 12.4 Å². The van der Waals surface area contributed by atoms with Crippen LogP contribution in [0.15, 0.2) is 24.4 Å². The zero-order chi connectivity index (χ0) is 20.6. The number of hydrogen-bond donors (Lipinski definition) is 0. The molecule has 7 nitrogen and oxygen atoms in total. The van der Waals surface area contributed by atoms with Crippen molar-refractivity contribution in [2.24, 2.45) is 0 Å². The quantitative estimate of drug-likeness (QED) is 0.448. The van der Waals surface area contributed by atoms with Crippen LogP contribution in [0.4, 0.5) is 32.2 Å². The maximum atomic E-state index is 13.0. The molecule has 0 spiro atoms. The molecule has 1 heterocycles. The molecular weight excluding hydrogens is 384 g/mol. The molecule has 0 amide bonds. The molecule has 1 aromatic heterocycles. The summed E-state index contributed by atoms with van der Waals surface area (Å²) in [7, 11) is 3.12. The number of aromatic nitrogens is 3. The highest BCUT2D eigenvalue weighted by Crippen LogP contribution is 2.37. The van der Waals surface area contributed by atoms with Gasteiger partial charge in [-0.3, -0.25) is 0 Å². The van der Waals surface area contributed by atoms with Crippen LogP contribution in [0.5, 0.6) is 0 Å². The minimum absolute atomic E-state index is 0.0514. The first kappa shape index (κ1) is 20.2. The van der Waals surface area contributed by atoms with E-state index in [1.54, 1.807) is 14.1 Å². The average molecular weight is 395 g/mol. The van der Waals surface area contributed by atoms with Gasteiger partial charge in [-0.05, 0) is 29.2 Å². The van der Waals surface area contributed by atoms with Gasteiger partial charge in [0.05, 0.1) is 22.0 Å². The van der Waals surface area contributed by atoms with Crippen LogP contribution in [-0.4, -0.2) is 38.9 Å². The Kier molecular flexibility index (Phi) is 5.15. The van der Waals surface area contributed by atoms with Crippen LogP contribution in [0.3, 0.4) is 0 Å². The van der Waals surface area contributed by atoms with Gasteiger partial charge >= 0.3 is 18.2 Å². The largest absolute Gasteiger partial charge is 0.418 e. The van der Waals surface area contributed by atoms with Gasteiger partial charge in [-0.25, -0.2) is 0 Å². The predicted octanol–water partition coefficient (Wildman–Crippen LogP) is 3.75. The van der Waals surface area contributed by atoms with E-state index in [2.05, 4.69) is 10.3 Å². The minimum Gasteiger partial charge on any atom is -0.383 e. The Balaban J connectivity index is 2.76. The van der Waals surface area contributed by atoms with Crippen molar-refractivity contribution < 1.29 is 31.3 Å². The molecule has 0 atom stereocenters. The molecule has 0 aliphatic heterocycles. The first-order valence-corrected chi connectivity index (χ1v) is 7.05. The second kappa shape index (κ2) is 6.89. The lowest BCUT2D eigenvalue weighted by Gasteiger charge is -2.14. The summed E-state index contributed by atoms with van der Waals surface area (Å²) in [6.45, 7) is 0. The third kappa shape index (κ3) is 4.54. The first-order valence-electron chi connectivity index (χ1n) is 7.05. The molecule has 0 fully saturated rings. The summed E-state index contributed by atoms with van der Waals surface area (Å²) in [4.78, 5) is 11.6. The SMILES string of the molecule is CN(C)C=Cc1c([N+](=O)[O-])nnn1-c1cc(C(F)(F)F)cc(C(F)(F)F)c1. The molecule has 0 radical (unpaired) electrons. The predicted molar refractivity (Wildman–Crippen MR) is 80.7 cm³/mol. The van der Waals surface area contributed by atoms with Crippen LogP contribution in [0, 0.1) is 10.1 Å². The summed E-state index contributed by atoms with van der Waals surface area (Å²) in [5.41, 5.74) is -4.21. The highest BCUT2D eigenvalue weighted by molar-refractivity contribution is 5.57. The monoisotopic (exact) mass is 395 g/mol. The number of alkyl halides is 6. The number of halogens is 6. The second-order valence-electron chi connectivity index (χ2n) is 5.51.